The number of hydrogen-bond donors (Lipinski definition) is 1. The van der Waals surface area contributed by atoms with Crippen LogP contribution in [-0.2, 0) is 19.8 Å². The van der Waals surface area contributed by atoms with Crippen LogP contribution in [-0.4, -0.2) is 24.3 Å². The maximum absolute atomic E-state index is 11.1. The summed E-state index contributed by atoms with van der Waals surface area (Å²) < 4.78 is 4.65. The molecule has 4 heteroatoms. The SMILES string of the molecule is COC(=O)CCCC=CC[C@@H]1C[C@@H](O)C[C@]1(Cl)c1ccc(C(C)(C)C)cc1. The Kier molecular flexibility index (Phi) is 7.53. The quantitative estimate of drug-likeness (QED) is 0.289. The van der Waals surface area contributed by atoms with Gasteiger partial charge in [0.15, 0.2) is 0 Å². The second-order valence-electron chi connectivity index (χ2n) is 8.66. The van der Waals surface area contributed by atoms with Gasteiger partial charge in [0.1, 0.15) is 0 Å². The average molecular weight is 393 g/mol. The van der Waals surface area contributed by atoms with Gasteiger partial charge in [0.25, 0.3) is 0 Å². The van der Waals surface area contributed by atoms with Crippen molar-refractivity contribution in [2.24, 2.45) is 5.92 Å². The summed E-state index contributed by atoms with van der Waals surface area (Å²) in [6.45, 7) is 6.60. The Morgan fingerprint density at radius 3 is 2.56 bits per heavy atom. The summed E-state index contributed by atoms with van der Waals surface area (Å²) in [7, 11) is 1.41. The summed E-state index contributed by atoms with van der Waals surface area (Å²) in [4.78, 5) is 10.6. The Bertz CT molecular complexity index is 645. The van der Waals surface area contributed by atoms with Gasteiger partial charge in [-0.1, -0.05) is 57.2 Å². The molecule has 0 heterocycles. The highest BCUT2D eigenvalue weighted by atomic mass is 35.5. The smallest absolute Gasteiger partial charge is 0.305 e. The van der Waals surface area contributed by atoms with Crippen molar-refractivity contribution >= 4 is 17.6 Å². The van der Waals surface area contributed by atoms with Crippen LogP contribution in [0.2, 0.25) is 0 Å². The lowest BCUT2D eigenvalue weighted by molar-refractivity contribution is -0.140. The van der Waals surface area contributed by atoms with Crippen LogP contribution in [0.25, 0.3) is 0 Å². The van der Waals surface area contributed by atoms with Gasteiger partial charge < -0.3 is 9.84 Å². The molecule has 0 aliphatic heterocycles. The molecule has 0 aromatic heterocycles. The second kappa shape index (κ2) is 9.25. The molecule has 3 atom stereocenters. The van der Waals surface area contributed by atoms with Crippen molar-refractivity contribution in [2.45, 2.75) is 75.7 Å². The lowest BCUT2D eigenvalue weighted by Crippen LogP contribution is -2.24. The molecule has 0 spiro atoms. The van der Waals surface area contributed by atoms with Crippen LogP contribution in [0.4, 0.5) is 0 Å². The number of aliphatic hydroxyl groups is 1. The largest absolute Gasteiger partial charge is 0.469 e. The van der Waals surface area contributed by atoms with E-state index in [1.165, 1.54) is 12.7 Å². The van der Waals surface area contributed by atoms with Gasteiger partial charge >= 0.3 is 5.97 Å². The number of esters is 1. The number of carbonyl (C=O) groups is 1. The highest BCUT2D eigenvalue weighted by Crippen LogP contribution is 2.51. The number of rotatable bonds is 7. The van der Waals surface area contributed by atoms with Gasteiger partial charge in [-0.2, -0.15) is 0 Å². The third-order valence-corrected chi connectivity index (χ3v) is 6.21. The molecule has 1 saturated carbocycles. The van der Waals surface area contributed by atoms with Gasteiger partial charge in [-0.3, -0.25) is 4.79 Å². The topological polar surface area (TPSA) is 46.5 Å². The molecule has 1 aliphatic carbocycles. The van der Waals surface area contributed by atoms with Crippen molar-refractivity contribution < 1.29 is 14.6 Å². The number of methoxy groups -OCH3 is 1. The van der Waals surface area contributed by atoms with E-state index in [9.17, 15) is 9.90 Å². The predicted molar refractivity (Wildman–Crippen MR) is 111 cm³/mol. The molecule has 1 aromatic carbocycles. The molecule has 2 rings (SSSR count). The van der Waals surface area contributed by atoms with Crippen molar-refractivity contribution in [2.75, 3.05) is 7.11 Å². The fourth-order valence-corrected chi connectivity index (χ4v) is 4.32. The zero-order chi connectivity index (χ0) is 20.1. The number of unbranched alkanes of at least 4 members (excludes halogenated alkanes) is 1. The Morgan fingerprint density at radius 1 is 1.30 bits per heavy atom. The van der Waals surface area contributed by atoms with E-state index in [0.29, 0.717) is 12.8 Å². The van der Waals surface area contributed by atoms with Crippen LogP contribution in [0.3, 0.4) is 0 Å². The number of allylic oxidation sites excluding steroid dienone is 2. The second-order valence-corrected chi connectivity index (χ2v) is 9.33. The molecule has 0 unspecified atom stereocenters. The van der Waals surface area contributed by atoms with Gasteiger partial charge in [-0.15, -0.1) is 11.6 Å². The van der Waals surface area contributed by atoms with Gasteiger partial charge in [0, 0.05) is 6.42 Å². The fraction of sp³-hybridized carbons (Fsp3) is 0.609. The van der Waals surface area contributed by atoms with E-state index >= 15 is 0 Å². The van der Waals surface area contributed by atoms with Gasteiger partial charge in [0.2, 0.25) is 0 Å². The van der Waals surface area contributed by atoms with Gasteiger partial charge in [0.05, 0.1) is 18.1 Å². The molecule has 0 saturated heterocycles. The van der Waals surface area contributed by atoms with Crippen LogP contribution in [0.5, 0.6) is 0 Å². The van der Waals surface area contributed by atoms with Crippen LogP contribution >= 0.6 is 11.6 Å². The minimum atomic E-state index is -0.522. The normalized spacial score (nSPS) is 25.9. The predicted octanol–water partition coefficient (Wildman–Crippen LogP) is 5.48. The highest BCUT2D eigenvalue weighted by Gasteiger charge is 2.46. The Morgan fingerprint density at radius 2 is 1.96 bits per heavy atom. The third-order valence-electron chi connectivity index (χ3n) is 5.53. The van der Waals surface area contributed by atoms with E-state index in [2.05, 4.69) is 61.9 Å². The molecule has 0 radical (unpaired) electrons. The Balaban J connectivity index is 2.00. The van der Waals surface area contributed by atoms with Crippen molar-refractivity contribution in [3.8, 4) is 0 Å². The summed E-state index contributed by atoms with van der Waals surface area (Å²) in [5, 5.41) is 10.2. The summed E-state index contributed by atoms with van der Waals surface area (Å²) in [5.41, 5.74) is 2.49. The molecular weight excluding hydrogens is 360 g/mol. The molecule has 1 aliphatic rings. The first-order valence-electron chi connectivity index (χ1n) is 9.86. The Hall–Kier alpha value is -1.32. The first-order valence-corrected chi connectivity index (χ1v) is 10.2. The van der Waals surface area contributed by atoms with Crippen molar-refractivity contribution in [3.05, 3.63) is 47.5 Å². The lowest BCUT2D eigenvalue weighted by atomic mass is 9.82. The lowest BCUT2D eigenvalue weighted by Gasteiger charge is -2.30. The van der Waals surface area contributed by atoms with Crippen molar-refractivity contribution in [1.29, 1.82) is 0 Å². The van der Waals surface area contributed by atoms with Crippen LogP contribution in [0.1, 0.15) is 70.4 Å². The summed E-state index contributed by atoms with van der Waals surface area (Å²) >= 11 is 7.07. The van der Waals surface area contributed by atoms with Crippen molar-refractivity contribution in [3.63, 3.8) is 0 Å². The van der Waals surface area contributed by atoms with Crippen molar-refractivity contribution in [1.82, 2.24) is 0 Å². The molecule has 1 fully saturated rings. The van der Waals surface area contributed by atoms with Gasteiger partial charge in [-0.25, -0.2) is 0 Å². The number of hydrogen-bond acceptors (Lipinski definition) is 3. The maximum atomic E-state index is 11.1. The molecule has 27 heavy (non-hydrogen) atoms. The molecule has 3 nitrogen and oxygen atoms in total. The monoisotopic (exact) mass is 392 g/mol. The standard InChI is InChI=1S/C23H33ClO3/c1-22(2,3)17-11-13-18(14-12-17)23(24)16-20(25)15-19(23)9-7-5-6-8-10-21(26)27-4/h5,7,11-14,19-20,25H,6,8-10,15-16H2,1-4H3/t19-,20-,23+/m1/s1. The molecular formula is C23H33ClO3. The average Bonchev–Trinajstić information content (AvgIpc) is 2.91. The van der Waals surface area contributed by atoms with E-state index in [1.807, 2.05) is 0 Å². The van der Waals surface area contributed by atoms with E-state index in [1.54, 1.807) is 0 Å². The molecule has 1 N–H and O–H groups in total. The van der Waals surface area contributed by atoms with E-state index in [4.69, 9.17) is 11.6 Å². The minimum absolute atomic E-state index is 0.111. The minimum Gasteiger partial charge on any atom is -0.469 e. The van der Waals surface area contributed by atoms with Gasteiger partial charge in [-0.05, 0) is 54.6 Å². The number of carbonyl (C=O) groups excluding carboxylic acids is 1. The van der Waals surface area contributed by atoms with E-state index in [-0.39, 0.29) is 23.4 Å². The number of ether oxygens (including phenoxy) is 1. The fourth-order valence-electron chi connectivity index (χ4n) is 3.84. The summed E-state index contributed by atoms with van der Waals surface area (Å²) in [5.74, 6) is 0.0345. The number of alkyl halides is 1. The zero-order valence-electron chi connectivity index (χ0n) is 17.0. The maximum Gasteiger partial charge on any atom is 0.305 e. The number of benzene rings is 1. The first-order chi connectivity index (χ1) is 12.7. The molecule has 0 amide bonds. The molecule has 150 valence electrons. The molecule has 1 aromatic rings. The Labute approximate surface area is 168 Å². The third kappa shape index (κ3) is 5.83. The summed E-state index contributed by atoms with van der Waals surface area (Å²) in [6, 6.07) is 8.56. The van der Waals surface area contributed by atoms with Crippen LogP contribution in [0, 0.1) is 5.92 Å². The van der Waals surface area contributed by atoms with Crippen LogP contribution < -0.4 is 0 Å². The summed E-state index contributed by atoms with van der Waals surface area (Å²) in [6.07, 6.45) is 8.11. The molecule has 0 bridgehead atoms. The number of aliphatic hydroxyl groups excluding tert-OH is 1. The van der Waals surface area contributed by atoms with E-state index in [0.717, 1.165) is 31.2 Å². The van der Waals surface area contributed by atoms with E-state index < -0.39 is 4.87 Å². The number of halogens is 1. The van der Waals surface area contributed by atoms with Crippen LogP contribution in [0.15, 0.2) is 36.4 Å². The first kappa shape index (κ1) is 22.0. The zero-order valence-corrected chi connectivity index (χ0v) is 17.8. The highest BCUT2D eigenvalue weighted by molar-refractivity contribution is 6.24.